The molecule has 4 N–H and O–H groups in total. The summed E-state index contributed by atoms with van der Waals surface area (Å²) >= 11 is 7.03. The second-order valence-electron chi connectivity index (χ2n) is 3.78. The SMILES string of the molecule is [NH3+]c1cc(SC2(C(=O)O)CC2)c(Cl)cc1F. The molecule has 0 radical (unpaired) electrons. The van der Waals surface area contributed by atoms with Crippen molar-refractivity contribution >= 4 is 35.0 Å². The van der Waals surface area contributed by atoms with Gasteiger partial charge in [0.2, 0.25) is 0 Å². The van der Waals surface area contributed by atoms with Crippen molar-refractivity contribution in [3.8, 4) is 0 Å². The predicted molar refractivity (Wildman–Crippen MR) is 59.4 cm³/mol. The van der Waals surface area contributed by atoms with Crippen molar-refractivity contribution in [2.24, 2.45) is 0 Å². The van der Waals surface area contributed by atoms with Crippen molar-refractivity contribution in [1.82, 2.24) is 0 Å². The summed E-state index contributed by atoms with van der Waals surface area (Å²) in [6.45, 7) is 0. The monoisotopic (exact) mass is 262 g/mol. The number of hydrogen-bond donors (Lipinski definition) is 2. The topological polar surface area (TPSA) is 64.9 Å². The van der Waals surface area contributed by atoms with E-state index in [9.17, 15) is 9.18 Å². The van der Waals surface area contributed by atoms with Gasteiger partial charge in [-0.2, -0.15) is 0 Å². The van der Waals surface area contributed by atoms with Gasteiger partial charge < -0.3 is 10.8 Å². The minimum Gasteiger partial charge on any atom is -0.480 e. The number of quaternary nitrogens is 1. The van der Waals surface area contributed by atoms with Gasteiger partial charge in [-0.25, -0.2) is 4.39 Å². The maximum Gasteiger partial charge on any atom is 0.320 e. The maximum absolute atomic E-state index is 13.1. The zero-order valence-corrected chi connectivity index (χ0v) is 9.87. The molecule has 0 amide bonds. The van der Waals surface area contributed by atoms with Crippen LogP contribution in [0.25, 0.3) is 0 Å². The first-order valence-corrected chi connectivity index (χ1v) is 5.87. The van der Waals surface area contributed by atoms with Crippen LogP contribution in [0, 0.1) is 5.82 Å². The van der Waals surface area contributed by atoms with Gasteiger partial charge >= 0.3 is 5.97 Å². The summed E-state index contributed by atoms with van der Waals surface area (Å²) in [4.78, 5) is 11.6. The Bertz CT molecular complexity index is 462. The Morgan fingerprint density at radius 3 is 2.69 bits per heavy atom. The number of rotatable bonds is 3. The molecule has 6 heteroatoms. The van der Waals surface area contributed by atoms with E-state index in [4.69, 9.17) is 16.7 Å². The third kappa shape index (κ3) is 2.03. The van der Waals surface area contributed by atoms with Crippen molar-refractivity contribution < 1.29 is 20.0 Å². The van der Waals surface area contributed by atoms with Crippen LogP contribution in [0.4, 0.5) is 10.1 Å². The van der Waals surface area contributed by atoms with E-state index < -0.39 is 16.5 Å². The minimum absolute atomic E-state index is 0.230. The first-order valence-electron chi connectivity index (χ1n) is 4.68. The lowest BCUT2D eigenvalue weighted by Crippen LogP contribution is -2.41. The molecule has 0 bridgehead atoms. The Hall–Kier alpha value is -0.780. The van der Waals surface area contributed by atoms with E-state index in [0.717, 1.165) is 0 Å². The van der Waals surface area contributed by atoms with Crippen molar-refractivity contribution in [3.05, 3.63) is 23.0 Å². The molecular weight excluding hydrogens is 253 g/mol. The highest BCUT2D eigenvalue weighted by Gasteiger charge is 2.51. The Morgan fingerprint density at radius 1 is 1.56 bits per heavy atom. The summed E-state index contributed by atoms with van der Waals surface area (Å²) in [6, 6.07) is 2.66. The number of carboxylic acids is 1. The first kappa shape index (κ1) is 11.7. The van der Waals surface area contributed by atoms with Gasteiger partial charge in [-0.1, -0.05) is 11.6 Å². The van der Waals surface area contributed by atoms with E-state index in [1.165, 1.54) is 23.9 Å². The highest BCUT2D eigenvalue weighted by atomic mass is 35.5. The third-order valence-corrected chi connectivity index (χ3v) is 4.46. The van der Waals surface area contributed by atoms with Crippen LogP contribution < -0.4 is 5.73 Å². The number of benzene rings is 1. The first-order chi connectivity index (χ1) is 7.44. The smallest absolute Gasteiger partial charge is 0.320 e. The molecule has 0 spiro atoms. The second kappa shape index (κ2) is 3.91. The maximum atomic E-state index is 13.1. The molecule has 3 nitrogen and oxygen atoms in total. The van der Waals surface area contributed by atoms with E-state index in [2.05, 4.69) is 5.73 Å². The molecule has 0 atom stereocenters. The van der Waals surface area contributed by atoms with Crippen LogP contribution in [0.3, 0.4) is 0 Å². The molecule has 1 aromatic carbocycles. The lowest BCUT2D eigenvalue weighted by molar-refractivity contribution is -0.258. The fourth-order valence-corrected chi connectivity index (χ4v) is 2.77. The van der Waals surface area contributed by atoms with Crippen molar-refractivity contribution in [3.63, 3.8) is 0 Å². The number of halogens is 2. The van der Waals surface area contributed by atoms with Crippen LogP contribution >= 0.6 is 23.4 Å². The van der Waals surface area contributed by atoms with Crippen LogP contribution in [-0.2, 0) is 4.79 Å². The average Bonchev–Trinajstić information content (AvgIpc) is 2.95. The third-order valence-electron chi connectivity index (χ3n) is 2.50. The lowest BCUT2D eigenvalue weighted by atomic mass is 10.3. The van der Waals surface area contributed by atoms with E-state index in [0.29, 0.717) is 17.7 Å². The Labute approximate surface area is 101 Å². The van der Waals surface area contributed by atoms with Crippen LogP contribution in [-0.4, -0.2) is 15.8 Å². The Balaban J connectivity index is 2.29. The summed E-state index contributed by atoms with van der Waals surface area (Å²) in [7, 11) is 0. The molecule has 1 aromatic rings. The Kier molecular flexibility index (Phi) is 2.86. The van der Waals surface area contributed by atoms with Gasteiger partial charge in [0.05, 0.1) is 5.02 Å². The van der Waals surface area contributed by atoms with Gasteiger partial charge in [0.1, 0.15) is 4.75 Å². The standard InChI is InChI=1S/C10H9ClFNO2S/c11-5-3-6(12)7(13)4-8(5)16-10(1-2-10)9(14)15/h3-4H,1-2,13H2,(H,14,15)/p+1. The molecule has 0 heterocycles. The largest absolute Gasteiger partial charge is 0.480 e. The minimum atomic E-state index is -0.844. The van der Waals surface area contributed by atoms with Gasteiger partial charge in [0.15, 0.2) is 11.5 Å². The van der Waals surface area contributed by atoms with Crippen LogP contribution in [0.2, 0.25) is 5.02 Å². The fourth-order valence-electron chi connectivity index (χ4n) is 1.33. The van der Waals surface area contributed by atoms with Crippen molar-refractivity contribution in [1.29, 1.82) is 0 Å². The summed E-state index contributed by atoms with van der Waals surface area (Å²) in [5.41, 5.74) is 3.75. The number of thioether (sulfide) groups is 1. The second-order valence-corrected chi connectivity index (χ2v) is 5.61. The molecule has 1 saturated carbocycles. The fraction of sp³-hybridized carbons (Fsp3) is 0.300. The molecule has 0 aliphatic heterocycles. The molecule has 86 valence electrons. The lowest BCUT2D eigenvalue weighted by Gasteiger charge is -2.10. The molecule has 0 unspecified atom stereocenters. The predicted octanol–water partition coefficient (Wildman–Crippen LogP) is 2.06. The molecule has 2 rings (SSSR count). The molecule has 1 fully saturated rings. The summed E-state index contributed by atoms with van der Waals surface area (Å²) in [5, 5.41) is 9.26. The van der Waals surface area contributed by atoms with Gasteiger partial charge in [-0.3, -0.25) is 4.79 Å². The van der Waals surface area contributed by atoms with E-state index in [1.807, 2.05) is 0 Å². The van der Waals surface area contributed by atoms with Crippen LogP contribution in [0.1, 0.15) is 12.8 Å². The van der Waals surface area contributed by atoms with Crippen LogP contribution in [0.15, 0.2) is 17.0 Å². The summed E-state index contributed by atoms with van der Waals surface area (Å²) in [6.07, 6.45) is 1.24. The van der Waals surface area contributed by atoms with Gasteiger partial charge in [0, 0.05) is 11.0 Å². The summed E-state index contributed by atoms with van der Waals surface area (Å²) < 4.78 is 12.3. The number of carbonyl (C=O) groups is 1. The van der Waals surface area contributed by atoms with Crippen LogP contribution in [0.5, 0.6) is 0 Å². The molecule has 1 aliphatic rings. The number of carboxylic acid groups (broad SMARTS) is 1. The van der Waals surface area contributed by atoms with Gasteiger partial charge in [-0.15, -0.1) is 11.8 Å². The van der Waals surface area contributed by atoms with Crippen molar-refractivity contribution in [2.45, 2.75) is 22.5 Å². The molecule has 16 heavy (non-hydrogen) atoms. The highest BCUT2D eigenvalue weighted by molar-refractivity contribution is 8.01. The number of aliphatic carboxylic acids is 1. The molecule has 0 saturated heterocycles. The molecule has 1 aliphatic carbocycles. The molecule has 0 aromatic heterocycles. The zero-order valence-electron chi connectivity index (χ0n) is 8.30. The average molecular weight is 263 g/mol. The highest BCUT2D eigenvalue weighted by Crippen LogP contribution is 2.53. The Morgan fingerprint density at radius 2 is 2.19 bits per heavy atom. The van der Waals surface area contributed by atoms with E-state index in [1.54, 1.807) is 0 Å². The quantitative estimate of drug-likeness (QED) is 0.876. The summed E-state index contributed by atoms with van der Waals surface area (Å²) in [5.74, 6) is -1.32. The normalized spacial score (nSPS) is 17.2. The van der Waals surface area contributed by atoms with E-state index >= 15 is 0 Å². The van der Waals surface area contributed by atoms with Crippen molar-refractivity contribution in [2.75, 3.05) is 0 Å². The van der Waals surface area contributed by atoms with Gasteiger partial charge in [0.25, 0.3) is 0 Å². The zero-order chi connectivity index (χ0) is 11.9. The van der Waals surface area contributed by atoms with Gasteiger partial charge in [-0.05, 0) is 18.9 Å². The van der Waals surface area contributed by atoms with E-state index in [-0.39, 0.29) is 10.7 Å². The number of hydrogen-bond acceptors (Lipinski definition) is 2. The molecular formula is C10H10ClFNO2S+.